The SMILES string of the molecule is C=C(CC(=O)O)C(=O)OC(F)(F)C(F)(F)C(F)(F)C(F)(F)C(F)CC(F)(F)F. The van der Waals surface area contributed by atoms with E-state index < -0.39 is 66.6 Å². The third-order valence-corrected chi connectivity index (χ3v) is 2.86. The Morgan fingerprint density at radius 1 is 0.893 bits per heavy atom. The van der Waals surface area contributed by atoms with Crippen LogP contribution in [0.3, 0.4) is 0 Å². The van der Waals surface area contributed by atoms with E-state index in [2.05, 4.69) is 11.3 Å². The highest BCUT2D eigenvalue weighted by Crippen LogP contribution is 2.55. The van der Waals surface area contributed by atoms with Crippen LogP contribution in [0.25, 0.3) is 0 Å². The lowest BCUT2D eigenvalue weighted by atomic mass is 9.97. The zero-order chi connectivity index (χ0) is 22.9. The summed E-state index contributed by atoms with van der Waals surface area (Å²) in [5.74, 6) is -26.6. The van der Waals surface area contributed by atoms with Crippen molar-refractivity contribution in [2.75, 3.05) is 0 Å². The van der Waals surface area contributed by atoms with Gasteiger partial charge in [-0.15, -0.1) is 0 Å². The minimum Gasteiger partial charge on any atom is -0.481 e. The number of alkyl halides is 12. The Morgan fingerprint density at radius 3 is 1.68 bits per heavy atom. The van der Waals surface area contributed by atoms with Gasteiger partial charge in [-0.3, -0.25) is 4.79 Å². The molecule has 28 heavy (non-hydrogen) atoms. The van der Waals surface area contributed by atoms with E-state index in [-0.39, 0.29) is 0 Å². The molecule has 0 aromatic rings. The molecule has 0 aromatic carbocycles. The Kier molecular flexibility index (Phi) is 7.10. The van der Waals surface area contributed by atoms with Gasteiger partial charge in [-0.1, -0.05) is 6.58 Å². The van der Waals surface area contributed by atoms with Crippen molar-refractivity contribution < 1.29 is 72.1 Å². The summed E-state index contributed by atoms with van der Waals surface area (Å²) in [6.07, 6.45) is -22.7. The molecule has 0 radical (unpaired) electrons. The van der Waals surface area contributed by atoms with Crippen molar-refractivity contribution in [1.29, 1.82) is 0 Å². The molecule has 16 heteroatoms. The van der Waals surface area contributed by atoms with Crippen LogP contribution < -0.4 is 0 Å². The van der Waals surface area contributed by atoms with Crippen molar-refractivity contribution in [3.8, 4) is 0 Å². The Balaban J connectivity index is 5.80. The number of carboxylic acids is 1. The van der Waals surface area contributed by atoms with Crippen molar-refractivity contribution >= 4 is 11.9 Å². The Morgan fingerprint density at radius 2 is 1.32 bits per heavy atom. The van der Waals surface area contributed by atoms with E-state index in [1.165, 1.54) is 0 Å². The van der Waals surface area contributed by atoms with Crippen LogP contribution in [0.2, 0.25) is 0 Å². The molecule has 0 heterocycles. The van der Waals surface area contributed by atoms with Gasteiger partial charge in [0, 0.05) is 5.57 Å². The molecule has 0 spiro atoms. The lowest BCUT2D eigenvalue weighted by molar-refractivity contribution is -0.422. The first-order chi connectivity index (χ1) is 12.1. The minimum absolute atomic E-state index is 1.50. The molecule has 0 aromatic heterocycles. The number of rotatable bonds is 9. The lowest BCUT2D eigenvalue weighted by Crippen LogP contribution is -2.66. The molecular formula is C12H8F12O4. The quantitative estimate of drug-likeness (QED) is 0.327. The average molecular weight is 444 g/mol. The summed E-state index contributed by atoms with van der Waals surface area (Å²) in [6, 6.07) is 0. The predicted molar refractivity (Wildman–Crippen MR) is 62.8 cm³/mol. The molecule has 0 saturated heterocycles. The third kappa shape index (κ3) is 5.21. The minimum atomic E-state index is -7.48. The summed E-state index contributed by atoms with van der Waals surface area (Å²) in [5.41, 5.74) is -1.50. The van der Waals surface area contributed by atoms with E-state index >= 15 is 0 Å². The third-order valence-electron chi connectivity index (χ3n) is 2.86. The first-order valence-electron chi connectivity index (χ1n) is 6.45. The monoisotopic (exact) mass is 444 g/mol. The number of esters is 1. The molecule has 0 saturated carbocycles. The number of carbonyl (C=O) groups is 2. The number of carbonyl (C=O) groups excluding carboxylic acids is 1. The van der Waals surface area contributed by atoms with Crippen LogP contribution in [0, 0.1) is 0 Å². The van der Waals surface area contributed by atoms with Gasteiger partial charge in [-0.05, 0) is 0 Å². The fraction of sp³-hybridized carbons (Fsp3) is 0.667. The molecule has 0 fully saturated rings. The Labute approximate surface area is 146 Å². The molecule has 4 nitrogen and oxygen atoms in total. The molecule has 0 aliphatic carbocycles. The van der Waals surface area contributed by atoms with E-state index in [9.17, 15) is 62.3 Å². The normalized spacial score (nSPS) is 15.1. The molecule has 0 bridgehead atoms. The molecular weight excluding hydrogens is 436 g/mol. The number of hydrogen-bond acceptors (Lipinski definition) is 3. The summed E-state index contributed by atoms with van der Waals surface area (Å²) in [4.78, 5) is 21.2. The van der Waals surface area contributed by atoms with Gasteiger partial charge in [0.1, 0.15) is 0 Å². The summed E-state index contributed by atoms with van der Waals surface area (Å²) in [6.45, 7) is 2.49. The molecule has 1 atom stereocenters. The predicted octanol–water partition coefficient (Wildman–Crippen LogP) is 4.35. The second-order valence-electron chi connectivity index (χ2n) is 5.14. The van der Waals surface area contributed by atoms with Crippen molar-refractivity contribution in [1.82, 2.24) is 0 Å². The second kappa shape index (κ2) is 7.69. The average Bonchev–Trinajstić information content (AvgIpc) is 2.43. The van der Waals surface area contributed by atoms with Crippen LogP contribution >= 0.6 is 0 Å². The number of hydrogen-bond donors (Lipinski definition) is 1. The zero-order valence-corrected chi connectivity index (χ0v) is 12.9. The number of ether oxygens (including phenoxy) is 1. The largest absolute Gasteiger partial charge is 0.481 e. The van der Waals surface area contributed by atoms with E-state index in [0.29, 0.717) is 0 Å². The highest BCUT2D eigenvalue weighted by molar-refractivity contribution is 5.92. The van der Waals surface area contributed by atoms with Crippen molar-refractivity contribution in [3.63, 3.8) is 0 Å². The molecule has 0 aliphatic heterocycles. The van der Waals surface area contributed by atoms with E-state index in [1.807, 2.05) is 0 Å². The highest BCUT2D eigenvalue weighted by Gasteiger charge is 2.84. The summed E-state index contributed by atoms with van der Waals surface area (Å²) in [7, 11) is 0. The molecule has 1 N–H and O–H groups in total. The molecule has 0 rings (SSSR count). The van der Waals surface area contributed by atoms with E-state index in [4.69, 9.17) is 5.11 Å². The number of carboxylic acid groups (broad SMARTS) is 1. The zero-order valence-electron chi connectivity index (χ0n) is 12.9. The standard InChI is InChI=1S/C12H8F12O4/c1-4(2-6(25)26)7(27)28-12(23,24)11(21,22)10(19,20)9(17,18)5(13)3-8(14,15)16/h5H,1-3H2,(H,25,26). The van der Waals surface area contributed by atoms with Gasteiger partial charge < -0.3 is 9.84 Å². The maximum absolute atomic E-state index is 13.3. The topological polar surface area (TPSA) is 63.6 Å². The summed E-state index contributed by atoms with van der Waals surface area (Å²) < 4.78 is 157. The smallest absolute Gasteiger partial charge is 0.473 e. The van der Waals surface area contributed by atoms with Crippen LogP contribution in [-0.2, 0) is 14.3 Å². The van der Waals surface area contributed by atoms with Gasteiger partial charge in [0.05, 0.1) is 12.8 Å². The fourth-order valence-electron chi connectivity index (χ4n) is 1.43. The summed E-state index contributed by atoms with van der Waals surface area (Å²) in [5, 5.41) is 8.22. The van der Waals surface area contributed by atoms with Gasteiger partial charge in [-0.2, -0.15) is 48.3 Å². The van der Waals surface area contributed by atoms with Gasteiger partial charge in [-0.25, -0.2) is 9.18 Å². The first-order valence-corrected chi connectivity index (χ1v) is 6.45. The van der Waals surface area contributed by atoms with E-state index in [0.717, 1.165) is 0 Å². The lowest BCUT2D eigenvalue weighted by Gasteiger charge is -2.37. The number of halogens is 12. The maximum atomic E-state index is 13.3. The van der Waals surface area contributed by atoms with E-state index in [1.54, 1.807) is 0 Å². The highest BCUT2D eigenvalue weighted by atomic mass is 19.4. The fourth-order valence-corrected chi connectivity index (χ4v) is 1.43. The van der Waals surface area contributed by atoms with Crippen LogP contribution in [0.4, 0.5) is 52.7 Å². The number of aliphatic carboxylic acids is 1. The molecule has 0 amide bonds. The first kappa shape index (κ1) is 25.8. The van der Waals surface area contributed by atoms with Gasteiger partial charge in [0.25, 0.3) is 0 Å². The summed E-state index contributed by atoms with van der Waals surface area (Å²) >= 11 is 0. The van der Waals surface area contributed by atoms with Crippen LogP contribution in [0.1, 0.15) is 12.8 Å². The molecule has 0 aliphatic rings. The van der Waals surface area contributed by atoms with Gasteiger partial charge >= 0.3 is 42.0 Å². The second-order valence-corrected chi connectivity index (χ2v) is 5.14. The molecule has 1 unspecified atom stereocenters. The Hall–Kier alpha value is -2.16. The van der Waals surface area contributed by atoms with Crippen LogP contribution in [0.15, 0.2) is 12.2 Å². The van der Waals surface area contributed by atoms with Crippen LogP contribution in [-0.4, -0.2) is 53.3 Å². The van der Waals surface area contributed by atoms with Gasteiger partial charge in [0.15, 0.2) is 6.17 Å². The van der Waals surface area contributed by atoms with Gasteiger partial charge in [0.2, 0.25) is 0 Å². The Bertz CT molecular complexity index is 625. The van der Waals surface area contributed by atoms with Crippen molar-refractivity contribution in [2.45, 2.75) is 49.1 Å². The molecule has 164 valence electrons. The van der Waals surface area contributed by atoms with Crippen molar-refractivity contribution in [2.24, 2.45) is 0 Å². The van der Waals surface area contributed by atoms with Crippen molar-refractivity contribution in [3.05, 3.63) is 12.2 Å². The van der Waals surface area contributed by atoms with Crippen LogP contribution in [0.5, 0.6) is 0 Å². The maximum Gasteiger partial charge on any atom is 0.473 e.